The molecule has 1 heterocycles. The fraction of sp³-hybridized carbons (Fsp3) is 0.280. The van der Waals surface area contributed by atoms with Crippen LogP contribution in [0.4, 0.5) is 0 Å². The van der Waals surface area contributed by atoms with Gasteiger partial charge in [-0.25, -0.2) is 0 Å². The summed E-state index contributed by atoms with van der Waals surface area (Å²) in [5.74, 6) is -2.01. The summed E-state index contributed by atoms with van der Waals surface area (Å²) in [5.41, 5.74) is 5.82. The molecule has 0 bridgehead atoms. The second-order valence-electron chi connectivity index (χ2n) is 8.26. The lowest BCUT2D eigenvalue weighted by Gasteiger charge is -2.22. The Hall–Kier alpha value is -3.65. The standard InChI is InChI=1S/C25H24ClN3O5/c1-15(29-24(32)20-4-2-3-5-21(20)25(29)33)22(30)27-28-23(31)17-8-6-16(7-9-17)14-34-19-12-10-18(26)11-13-19/h2-3,6-13,15,20-21H,4-5,14H2,1H3,(H,27,30)(H,28,31)/t15-,20?,21?/m0/s1. The van der Waals surface area contributed by atoms with Gasteiger partial charge in [0.05, 0.1) is 11.8 Å². The predicted molar refractivity (Wildman–Crippen MR) is 125 cm³/mol. The van der Waals surface area contributed by atoms with Crippen molar-refractivity contribution in [3.8, 4) is 5.75 Å². The van der Waals surface area contributed by atoms with E-state index in [1.807, 2.05) is 12.2 Å². The Morgan fingerprint density at radius 1 is 0.971 bits per heavy atom. The number of hydrogen-bond donors (Lipinski definition) is 2. The molecule has 2 N–H and O–H groups in total. The van der Waals surface area contributed by atoms with Gasteiger partial charge in [0.1, 0.15) is 18.4 Å². The van der Waals surface area contributed by atoms with Crippen LogP contribution in [0.5, 0.6) is 5.75 Å². The van der Waals surface area contributed by atoms with Crippen molar-refractivity contribution in [1.82, 2.24) is 15.8 Å². The zero-order chi connectivity index (χ0) is 24.2. The summed E-state index contributed by atoms with van der Waals surface area (Å²) < 4.78 is 5.67. The number of amides is 4. The smallest absolute Gasteiger partial charge is 0.269 e. The maximum Gasteiger partial charge on any atom is 0.269 e. The molecule has 9 heteroatoms. The van der Waals surface area contributed by atoms with Crippen LogP contribution < -0.4 is 15.6 Å². The average molecular weight is 482 g/mol. The highest BCUT2D eigenvalue weighted by Crippen LogP contribution is 2.36. The van der Waals surface area contributed by atoms with E-state index >= 15 is 0 Å². The first kappa shape index (κ1) is 23.5. The van der Waals surface area contributed by atoms with Crippen LogP contribution in [-0.4, -0.2) is 34.6 Å². The van der Waals surface area contributed by atoms with Crippen LogP contribution in [0.25, 0.3) is 0 Å². The molecule has 0 radical (unpaired) electrons. The third-order valence-corrected chi connectivity index (χ3v) is 6.29. The Labute approximate surface area is 201 Å². The van der Waals surface area contributed by atoms with Gasteiger partial charge in [0.2, 0.25) is 11.8 Å². The number of allylic oxidation sites excluding steroid dienone is 2. The lowest BCUT2D eigenvalue weighted by atomic mass is 9.85. The van der Waals surface area contributed by atoms with Crippen molar-refractivity contribution in [2.45, 2.75) is 32.4 Å². The molecule has 176 valence electrons. The van der Waals surface area contributed by atoms with Crippen LogP contribution in [0.15, 0.2) is 60.7 Å². The maximum atomic E-state index is 12.6. The molecule has 2 aliphatic rings. The van der Waals surface area contributed by atoms with Gasteiger partial charge in [-0.1, -0.05) is 35.9 Å². The van der Waals surface area contributed by atoms with Gasteiger partial charge >= 0.3 is 0 Å². The average Bonchev–Trinajstić information content (AvgIpc) is 3.11. The quantitative estimate of drug-likeness (QED) is 0.375. The van der Waals surface area contributed by atoms with E-state index in [1.165, 1.54) is 6.92 Å². The van der Waals surface area contributed by atoms with Gasteiger partial charge in [-0.3, -0.25) is 34.9 Å². The minimum atomic E-state index is -1.03. The lowest BCUT2D eigenvalue weighted by Crippen LogP contribution is -2.53. The molecular formula is C25H24ClN3O5. The minimum Gasteiger partial charge on any atom is -0.489 e. The highest BCUT2D eigenvalue weighted by molar-refractivity contribution is 6.30. The number of ether oxygens (including phenoxy) is 1. The summed E-state index contributed by atoms with van der Waals surface area (Å²) >= 11 is 5.86. The lowest BCUT2D eigenvalue weighted by molar-refractivity contribution is -0.147. The second kappa shape index (κ2) is 10.1. The first-order valence-electron chi connectivity index (χ1n) is 10.9. The molecule has 2 unspecified atom stereocenters. The number of rotatable bonds is 6. The molecule has 1 saturated heterocycles. The summed E-state index contributed by atoms with van der Waals surface area (Å²) in [7, 11) is 0. The number of nitrogens with one attached hydrogen (secondary N) is 2. The first-order valence-corrected chi connectivity index (χ1v) is 11.3. The molecule has 2 aromatic rings. The Morgan fingerprint density at radius 3 is 2.15 bits per heavy atom. The molecule has 4 rings (SSSR count). The van der Waals surface area contributed by atoms with E-state index in [0.29, 0.717) is 35.8 Å². The number of benzene rings is 2. The summed E-state index contributed by atoms with van der Waals surface area (Å²) in [6, 6.07) is 12.7. The number of carbonyl (C=O) groups is 4. The first-order chi connectivity index (χ1) is 16.3. The monoisotopic (exact) mass is 481 g/mol. The summed E-state index contributed by atoms with van der Waals surface area (Å²) in [6.45, 7) is 1.78. The fourth-order valence-electron chi connectivity index (χ4n) is 4.07. The SMILES string of the molecule is C[C@@H](C(=O)NNC(=O)c1ccc(COc2ccc(Cl)cc2)cc1)N1C(=O)C2CC=CCC2C1=O. The van der Waals surface area contributed by atoms with Crippen LogP contribution in [-0.2, 0) is 21.0 Å². The summed E-state index contributed by atoms with van der Waals surface area (Å²) in [6.07, 6.45) is 4.76. The van der Waals surface area contributed by atoms with Gasteiger partial charge in [-0.05, 0) is 61.7 Å². The molecule has 1 aliphatic carbocycles. The van der Waals surface area contributed by atoms with Gasteiger partial charge in [-0.15, -0.1) is 0 Å². The molecule has 0 saturated carbocycles. The molecule has 0 spiro atoms. The number of hydrogen-bond acceptors (Lipinski definition) is 5. The summed E-state index contributed by atoms with van der Waals surface area (Å²) in [4.78, 5) is 51.3. The molecule has 34 heavy (non-hydrogen) atoms. The number of hydrazine groups is 1. The molecule has 2 aromatic carbocycles. The minimum absolute atomic E-state index is 0.313. The zero-order valence-corrected chi connectivity index (χ0v) is 19.2. The van der Waals surface area contributed by atoms with Crippen LogP contribution in [0.3, 0.4) is 0 Å². The molecule has 4 amide bonds. The number of likely N-dealkylation sites (tertiary alicyclic amines) is 1. The van der Waals surface area contributed by atoms with Gasteiger partial charge in [0, 0.05) is 10.6 Å². The molecule has 8 nitrogen and oxygen atoms in total. The molecular weight excluding hydrogens is 458 g/mol. The van der Waals surface area contributed by atoms with Crippen molar-refractivity contribution in [2.75, 3.05) is 0 Å². The number of halogens is 1. The predicted octanol–water partition coefficient (Wildman–Crippen LogP) is 3.02. The molecule has 0 aromatic heterocycles. The van der Waals surface area contributed by atoms with E-state index < -0.39 is 29.7 Å². The number of nitrogens with zero attached hydrogens (tertiary/aromatic N) is 1. The van der Waals surface area contributed by atoms with Crippen molar-refractivity contribution in [2.24, 2.45) is 11.8 Å². The van der Waals surface area contributed by atoms with Gasteiger partial charge in [-0.2, -0.15) is 0 Å². The van der Waals surface area contributed by atoms with Crippen molar-refractivity contribution in [3.63, 3.8) is 0 Å². The molecule has 1 aliphatic heterocycles. The van der Waals surface area contributed by atoms with E-state index in [-0.39, 0.29) is 11.8 Å². The van der Waals surface area contributed by atoms with Gasteiger partial charge < -0.3 is 4.74 Å². The highest BCUT2D eigenvalue weighted by Gasteiger charge is 2.50. The number of fused-ring (bicyclic) bond motifs is 1. The van der Waals surface area contributed by atoms with Crippen molar-refractivity contribution in [3.05, 3.63) is 76.8 Å². The Balaban J connectivity index is 1.28. The van der Waals surface area contributed by atoms with E-state index in [1.54, 1.807) is 48.5 Å². The van der Waals surface area contributed by atoms with Crippen molar-refractivity contribution >= 4 is 35.2 Å². The van der Waals surface area contributed by atoms with Crippen LogP contribution in [0.2, 0.25) is 5.02 Å². The molecule has 3 atom stereocenters. The van der Waals surface area contributed by atoms with Crippen LogP contribution >= 0.6 is 11.6 Å². The van der Waals surface area contributed by atoms with Crippen LogP contribution in [0.1, 0.15) is 35.7 Å². The third kappa shape index (κ3) is 4.97. The van der Waals surface area contributed by atoms with Crippen molar-refractivity contribution < 1.29 is 23.9 Å². The number of carbonyl (C=O) groups excluding carboxylic acids is 4. The topological polar surface area (TPSA) is 105 Å². The largest absolute Gasteiger partial charge is 0.489 e. The van der Waals surface area contributed by atoms with Crippen LogP contribution in [0, 0.1) is 11.8 Å². The third-order valence-electron chi connectivity index (χ3n) is 6.04. The Bertz CT molecular complexity index is 1100. The second-order valence-corrected chi connectivity index (χ2v) is 8.70. The zero-order valence-electron chi connectivity index (χ0n) is 18.5. The van der Waals surface area contributed by atoms with E-state index in [4.69, 9.17) is 16.3 Å². The van der Waals surface area contributed by atoms with Crippen molar-refractivity contribution in [1.29, 1.82) is 0 Å². The normalized spacial score (nSPS) is 20.0. The fourth-order valence-corrected chi connectivity index (χ4v) is 4.20. The Morgan fingerprint density at radius 2 is 1.56 bits per heavy atom. The maximum absolute atomic E-state index is 12.6. The summed E-state index contributed by atoms with van der Waals surface area (Å²) in [5, 5.41) is 0.623. The van der Waals surface area contributed by atoms with Gasteiger partial charge in [0.25, 0.3) is 11.8 Å². The Kier molecular flexibility index (Phi) is 6.98. The van der Waals surface area contributed by atoms with E-state index in [9.17, 15) is 19.2 Å². The van der Waals surface area contributed by atoms with Gasteiger partial charge in [0.15, 0.2) is 0 Å². The van der Waals surface area contributed by atoms with E-state index in [2.05, 4.69) is 10.9 Å². The highest BCUT2D eigenvalue weighted by atomic mass is 35.5. The van der Waals surface area contributed by atoms with E-state index in [0.717, 1.165) is 10.5 Å². The molecule has 1 fully saturated rings. The number of imide groups is 1.